The first-order chi connectivity index (χ1) is 12.8. The lowest BCUT2D eigenvalue weighted by Crippen LogP contribution is -1.90. The molecule has 0 aliphatic heterocycles. The Kier molecular flexibility index (Phi) is 4.48. The first-order valence-electron chi connectivity index (χ1n) is 8.43. The van der Waals surface area contributed by atoms with Crippen LogP contribution in [0.1, 0.15) is 11.4 Å². The molecule has 0 saturated heterocycles. The maximum atomic E-state index is 5.42. The maximum Gasteiger partial charge on any atom is 0.257 e. The molecule has 0 saturated carbocycles. The average Bonchev–Trinajstić information content (AvgIpc) is 3.17. The quantitative estimate of drug-likeness (QED) is 0.512. The molecule has 0 radical (unpaired) electrons. The molecule has 1 aromatic heterocycles. The summed E-state index contributed by atoms with van der Waals surface area (Å²) in [5.74, 6) is 2.07. The van der Waals surface area contributed by atoms with Crippen LogP contribution in [0.15, 0.2) is 83.4 Å². The SMILES string of the molecule is COc1ccc(-c2ccc(-c3nc(Cc4ccccc4)no3)cc2)cc1. The second-order valence-electron chi connectivity index (χ2n) is 5.98. The highest BCUT2D eigenvalue weighted by Crippen LogP contribution is 2.25. The van der Waals surface area contributed by atoms with Gasteiger partial charge in [0.2, 0.25) is 0 Å². The molecule has 0 unspecified atom stereocenters. The van der Waals surface area contributed by atoms with E-state index in [0.29, 0.717) is 18.1 Å². The second-order valence-corrected chi connectivity index (χ2v) is 5.98. The third-order valence-electron chi connectivity index (χ3n) is 4.23. The van der Waals surface area contributed by atoms with Crippen LogP contribution >= 0.6 is 0 Å². The second kappa shape index (κ2) is 7.23. The van der Waals surface area contributed by atoms with Gasteiger partial charge in [0.1, 0.15) is 5.75 Å². The minimum Gasteiger partial charge on any atom is -0.497 e. The normalized spacial score (nSPS) is 10.7. The molecule has 0 spiro atoms. The Morgan fingerprint density at radius 2 is 1.38 bits per heavy atom. The average molecular weight is 342 g/mol. The van der Waals surface area contributed by atoms with E-state index in [4.69, 9.17) is 9.26 Å². The van der Waals surface area contributed by atoms with Crippen molar-refractivity contribution in [2.75, 3.05) is 7.11 Å². The zero-order chi connectivity index (χ0) is 17.8. The molecule has 4 nitrogen and oxygen atoms in total. The van der Waals surface area contributed by atoms with Gasteiger partial charge in [0.15, 0.2) is 5.82 Å². The minimum atomic E-state index is 0.539. The summed E-state index contributed by atoms with van der Waals surface area (Å²) in [6, 6.07) is 26.2. The molecule has 0 aliphatic carbocycles. The van der Waals surface area contributed by atoms with Gasteiger partial charge >= 0.3 is 0 Å². The molecule has 0 fully saturated rings. The monoisotopic (exact) mass is 342 g/mol. The van der Waals surface area contributed by atoms with Crippen LogP contribution in [0.4, 0.5) is 0 Å². The molecule has 4 aromatic rings. The number of ether oxygens (including phenoxy) is 1. The van der Waals surface area contributed by atoms with Gasteiger partial charge in [-0.05, 0) is 41.0 Å². The van der Waals surface area contributed by atoms with E-state index >= 15 is 0 Å². The third kappa shape index (κ3) is 3.49. The van der Waals surface area contributed by atoms with Gasteiger partial charge in [0.25, 0.3) is 5.89 Å². The highest BCUT2D eigenvalue weighted by molar-refractivity contribution is 5.67. The summed E-state index contributed by atoms with van der Waals surface area (Å²) in [5, 5.41) is 4.09. The van der Waals surface area contributed by atoms with Crippen molar-refractivity contribution >= 4 is 0 Å². The summed E-state index contributed by atoms with van der Waals surface area (Å²) in [6.45, 7) is 0. The van der Waals surface area contributed by atoms with Gasteiger partial charge in [0, 0.05) is 12.0 Å². The lowest BCUT2D eigenvalue weighted by Gasteiger charge is -2.04. The van der Waals surface area contributed by atoms with Gasteiger partial charge in [-0.25, -0.2) is 0 Å². The molecule has 1 heterocycles. The molecular weight excluding hydrogens is 324 g/mol. The molecule has 128 valence electrons. The zero-order valence-electron chi connectivity index (χ0n) is 14.4. The maximum absolute atomic E-state index is 5.42. The van der Waals surface area contributed by atoms with E-state index in [1.807, 2.05) is 54.6 Å². The zero-order valence-corrected chi connectivity index (χ0v) is 14.4. The van der Waals surface area contributed by atoms with E-state index in [1.165, 1.54) is 0 Å². The Morgan fingerprint density at radius 1 is 0.769 bits per heavy atom. The predicted molar refractivity (Wildman–Crippen MR) is 101 cm³/mol. The molecule has 0 N–H and O–H groups in total. The van der Waals surface area contributed by atoms with Crippen LogP contribution in [-0.2, 0) is 6.42 Å². The van der Waals surface area contributed by atoms with Crippen LogP contribution in [0.3, 0.4) is 0 Å². The van der Waals surface area contributed by atoms with Crippen LogP contribution in [0, 0.1) is 0 Å². The lowest BCUT2D eigenvalue weighted by atomic mass is 10.0. The molecule has 0 amide bonds. The molecule has 0 aliphatic rings. The summed E-state index contributed by atoms with van der Waals surface area (Å²) in [6.07, 6.45) is 0.661. The summed E-state index contributed by atoms with van der Waals surface area (Å²) in [4.78, 5) is 4.51. The summed E-state index contributed by atoms with van der Waals surface area (Å²) < 4.78 is 10.6. The van der Waals surface area contributed by atoms with Crippen molar-refractivity contribution in [2.45, 2.75) is 6.42 Å². The highest BCUT2D eigenvalue weighted by atomic mass is 16.5. The van der Waals surface area contributed by atoms with Crippen molar-refractivity contribution in [3.63, 3.8) is 0 Å². The summed E-state index contributed by atoms with van der Waals surface area (Å²) in [5.41, 5.74) is 4.33. The molecule has 3 aromatic carbocycles. The first kappa shape index (κ1) is 16.1. The van der Waals surface area contributed by atoms with Crippen molar-refractivity contribution in [2.24, 2.45) is 0 Å². The molecule has 0 atom stereocenters. The van der Waals surface area contributed by atoms with Gasteiger partial charge in [-0.1, -0.05) is 59.8 Å². The number of nitrogens with zero attached hydrogens (tertiary/aromatic N) is 2. The van der Waals surface area contributed by atoms with Gasteiger partial charge in [-0.3, -0.25) is 0 Å². The topological polar surface area (TPSA) is 48.2 Å². The number of aromatic nitrogens is 2. The smallest absolute Gasteiger partial charge is 0.257 e. The fourth-order valence-electron chi connectivity index (χ4n) is 2.81. The largest absolute Gasteiger partial charge is 0.497 e. The number of hydrogen-bond acceptors (Lipinski definition) is 4. The Balaban J connectivity index is 1.51. The highest BCUT2D eigenvalue weighted by Gasteiger charge is 2.09. The number of rotatable bonds is 5. The van der Waals surface area contributed by atoms with Gasteiger partial charge in [-0.15, -0.1) is 0 Å². The van der Waals surface area contributed by atoms with E-state index in [0.717, 1.165) is 28.0 Å². The van der Waals surface area contributed by atoms with Crippen molar-refractivity contribution in [3.8, 4) is 28.3 Å². The van der Waals surface area contributed by atoms with E-state index in [9.17, 15) is 0 Å². The van der Waals surface area contributed by atoms with Crippen LogP contribution < -0.4 is 4.74 Å². The fourth-order valence-corrected chi connectivity index (χ4v) is 2.81. The molecule has 4 rings (SSSR count). The summed E-state index contributed by atoms with van der Waals surface area (Å²) >= 11 is 0. The number of benzene rings is 3. The van der Waals surface area contributed by atoms with Gasteiger partial charge in [0.05, 0.1) is 7.11 Å². The Bertz CT molecular complexity index is 975. The van der Waals surface area contributed by atoms with Gasteiger partial charge in [-0.2, -0.15) is 4.98 Å². The Morgan fingerprint density at radius 3 is 2.04 bits per heavy atom. The number of hydrogen-bond donors (Lipinski definition) is 0. The van der Waals surface area contributed by atoms with Crippen molar-refractivity contribution < 1.29 is 9.26 Å². The third-order valence-corrected chi connectivity index (χ3v) is 4.23. The van der Waals surface area contributed by atoms with Crippen LogP contribution in [0.5, 0.6) is 5.75 Å². The molecule has 4 heteroatoms. The van der Waals surface area contributed by atoms with Gasteiger partial charge < -0.3 is 9.26 Å². The van der Waals surface area contributed by atoms with Crippen molar-refractivity contribution in [1.29, 1.82) is 0 Å². The van der Waals surface area contributed by atoms with Crippen molar-refractivity contribution in [3.05, 3.63) is 90.3 Å². The molecular formula is C22H18N2O2. The molecule has 0 bridgehead atoms. The first-order valence-corrected chi connectivity index (χ1v) is 8.43. The van der Waals surface area contributed by atoms with E-state index in [2.05, 4.69) is 34.4 Å². The lowest BCUT2D eigenvalue weighted by molar-refractivity contribution is 0.415. The van der Waals surface area contributed by atoms with E-state index in [1.54, 1.807) is 7.11 Å². The minimum absolute atomic E-state index is 0.539. The van der Waals surface area contributed by atoms with Crippen LogP contribution in [0.25, 0.3) is 22.6 Å². The van der Waals surface area contributed by atoms with Crippen LogP contribution in [0.2, 0.25) is 0 Å². The predicted octanol–water partition coefficient (Wildman–Crippen LogP) is 5.00. The standard InChI is InChI=1S/C22H18N2O2/c1-25-20-13-11-18(12-14-20)17-7-9-19(10-8-17)22-23-21(24-26-22)15-16-5-3-2-4-6-16/h2-14H,15H2,1H3. The summed E-state index contributed by atoms with van der Waals surface area (Å²) in [7, 11) is 1.67. The number of methoxy groups -OCH3 is 1. The molecule has 26 heavy (non-hydrogen) atoms. The Labute approximate surface area is 152 Å². The van der Waals surface area contributed by atoms with E-state index < -0.39 is 0 Å². The van der Waals surface area contributed by atoms with Crippen LogP contribution in [-0.4, -0.2) is 17.3 Å². The Hall–Kier alpha value is -3.40. The fraction of sp³-hybridized carbons (Fsp3) is 0.0909. The van der Waals surface area contributed by atoms with Crippen molar-refractivity contribution in [1.82, 2.24) is 10.1 Å². The van der Waals surface area contributed by atoms with E-state index in [-0.39, 0.29) is 0 Å².